The van der Waals surface area contributed by atoms with Crippen LogP contribution in [0.1, 0.15) is 57.9 Å². The molecule has 1 saturated carbocycles. The first kappa shape index (κ1) is 15.0. The maximum absolute atomic E-state index is 5.55. The van der Waals surface area contributed by atoms with Crippen LogP contribution < -0.4 is 16.6 Å². The lowest BCUT2D eigenvalue weighted by molar-refractivity contribution is 0.306. The Bertz CT molecular complexity index is 426. The van der Waals surface area contributed by atoms with E-state index in [1.807, 2.05) is 0 Å². The molecule has 0 spiro atoms. The van der Waals surface area contributed by atoms with Gasteiger partial charge in [0, 0.05) is 12.1 Å². The first-order valence-electron chi connectivity index (χ1n) is 7.79. The normalized spacial score (nSPS) is 17.1. The summed E-state index contributed by atoms with van der Waals surface area (Å²) < 4.78 is 0. The number of nitrogens with zero attached hydrogens (tertiary/aromatic N) is 2. The van der Waals surface area contributed by atoms with Crippen LogP contribution in [0.4, 0.5) is 11.6 Å². The van der Waals surface area contributed by atoms with Gasteiger partial charge in [-0.1, -0.05) is 33.1 Å². The van der Waals surface area contributed by atoms with Crippen molar-refractivity contribution < 1.29 is 0 Å². The van der Waals surface area contributed by atoms with E-state index in [-0.39, 0.29) is 0 Å². The minimum Gasteiger partial charge on any atom is -0.369 e. The molecule has 4 N–H and O–H groups in total. The number of hydrogen-bond acceptors (Lipinski definition) is 5. The van der Waals surface area contributed by atoms with E-state index in [9.17, 15) is 0 Å². The topological polar surface area (TPSA) is 75.9 Å². The molecule has 0 unspecified atom stereocenters. The molecular weight excluding hydrogens is 250 g/mol. The molecule has 2 rings (SSSR count). The Balaban J connectivity index is 2.12. The number of hydrogen-bond donors (Lipinski definition) is 3. The summed E-state index contributed by atoms with van der Waals surface area (Å²) in [7, 11) is 0. The van der Waals surface area contributed by atoms with Crippen molar-refractivity contribution in [3.8, 4) is 0 Å². The van der Waals surface area contributed by atoms with Gasteiger partial charge in [-0.3, -0.25) is 0 Å². The average molecular weight is 277 g/mol. The van der Waals surface area contributed by atoms with E-state index >= 15 is 0 Å². The maximum Gasteiger partial charge on any atom is 0.148 e. The summed E-state index contributed by atoms with van der Waals surface area (Å²) >= 11 is 0. The molecule has 1 aromatic heterocycles. The number of rotatable bonds is 7. The van der Waals surface area contributed by atoms with Gasteiger partial charge in [-0.15, -0.1) is 0 Å². The van der Waals surface area contributed by atoms with Crippen molar-refractivity contribution in [3.63, 3.8) is 0 Å². The number of aromatic nitrogens is 2. The van der Waals surface area contributed by atoms with Crippen LogP contribution in [0.25, 0.3) is 0 Å². The predicted octanol–water partition coefficient (Wildman–Crippen LogP) is 3.10. The second kappa shape index (κ2) is 6.88. The van der Waals surface area contributed by atoms with Crippen molar-refractivity contribution in [2.24, 2.45) is 11.3 Å². The minimum absolute atomic E-state index is 0.449. The molecule has 0 aromatic carbocycles. The van der Waals surface area contributed by atoms with Crippen LogP contribution >= 0.6 is 0 Å². The Hall–Kier alpha value is -1.36. The van der Waals surface area contributed by atoms with Crippen LogP contribution in [0, 0.1) is 5.41 Å². The molecular formula is C15H27N5. The second-order valence-electron chi connectivity index (χ2n) is 5.86. The summed E-state index contributed by atoms with van der Waals surface area (Å²) in [6.07, 6.45) is 10.2. The van der Waals surface area contributed by atoms with Gasteiger partial charge in [0.25, 0.3) is 0 Å². The van der Waals surface area contributed by atoms with E-state index < -0.39 is 0 Å². The highest BCUT2D eigenvalue weighted by Crippen LogP contribution is 2.41. The first-order chi connectivity index (χ1) is 9.74. The molecule has 1 aliphatic carbocycles. The molecule has 1 fully saturated rings. The van der Waals surface area contributed by atoms with Crippen LogP contribution in [-0.2, 0) is 6.42 Å². The molecule has 5 nitrogen and oxygen atoms in total. The molecule has 0 saturated heterocycles. The SMILES string of the molecule is CCCc1c(NN)ncnc1NCC1(CC)CCCC1. The Labute approximate surface area is 121 Å². The van der Waals surface area contributed by atoms with Crippen molar-refractivity contribution in [1.29, 1.82) is 0 Å². The van der Waals surface area contributed by atoms with E-state index in [0.717, 1.165) is 36.6 Å². The molecule has 5 heteroatoms. The van der Waals surface area contributed by atoms with Crippen molar-refractivity contribution in [2.45, 2.75) is 58.8 Å². The fourth-order valence-electron chi connectivity index (χ4n) is 3.23. The largest absolute Gasteiger partial charge is 0.369 e. The Morgan fingerprint density at radius 3 is 2.50 bits per heavy atom. The summed E-state index contributed by atoms with van der Waals surface area (Å²) in [4.78, 5) is 8.62. The number of nitrogens with two attached hydrogens (primary N) is 1. The fraction of sp³-hybridized carbons (Fsp3) is 0.733. The summed E-state index contributed by atoms with van der Waals surface area (Å²) in [6, 6.07) is 0. The fourth-order valence-corrected chi connectivity index (χ4v) is 3.23. The third-order valence-electron chi connectivity index (χ3n) is 4.63. The van der Waals surface area contributed by atoms with Gasteiger partial charge in [0.1, 0.15) is 18.0 Å². The summed E-state index contributed by atoms with van der Waals surface area (Å²) in [6.45, 7) is 5.45. The van der Waals surface area contributed by atoms with Crippen LogP contribution in [0.3, 0.4) is 0 Å². The van der Waals surface area contributed by atoms with Gasteiger partial charge in [-0.2, -0.15) is 0 Å². The lowest BCUT2D eigenvalue weighted by Crippen LogP contribution is -2.27. The molecule has 0 amide bonds. The Morgan fingerprint density at radius 1 is 1.20 bits per heavy atom. The second-order valence-corrected chi connectivity index (χ2v) is 5.86. The molecule has 1 aliphatic rings. The zero-order valence-corrected chi connectivity index (χ0v) is 12.7. The van der Waals surface area contributed by atoms with Crippen LogP contribution in [0.15, 0.2) is 6.33 Å². The molecule has 112 valence electrons. The maximum atomic E-state index is 5.55. The zero-order chi connectivity index (χ0) is 14.4. The number of anilines is 2. The lowest BCUT2D eigenvalue weighted by Gasteiger charge is -2.28. The third-order valence-corrected chi connectivity index (χ3v) is 4.63. The standard InChI is InChI=1S/C15H27N5/c1-3-7-12-13(18-11-19-14(12)20-16)17-10-15(4-2)8-5-6-9-15/h11H,3-10,16H2,1-2H3,(H2,17,18,19,20). The monoisotopic (exact) mass is 277 g/mol. The third kappa shape index (κ3) is 3.20. The highest BCUT2D eigenvalue weighted by Gasteiger charge is 2.32. The summed E-state index contributed by atoms with van der Waals surface area (Å²) in [5.41, 5.74) is 4.23. The van der Waals surface area contributed by atoms with Crippen molar-refractivity contribution in [3.05, 3.63) is 11.9 Å². The van der Waals surface area contributed by atoms with Gasteiger partial charge in [0.2, 0.25) is 0 Å². The number of nitrogen functional groups attached to an aromatic ring is 1. The van der Waals surface area contributed by atoms with Gasteiger partial charge >= 0.3 is 0 Å². The number of nitrogens with one attached hydrogen (secondary N) is 2. The van der Waals surface area contributed by atoms with Crippen molar-refractivity contribution in [1.82, 2.24) is 9.97 Å². The minimum atomic E-state index is 0.449. The van der Waals surface area contributed by atoms with Gasteiger partial charge in [0.15, 0.2) is 0 Å². The highest BCUT2D eigenvalue weighted by molar-refractivity contribution is 5.57. The predicted molar refractivity (Wildman–Crippen MR) is 83.5 cm³/mol. The molecule has 0 aliphatic heterocycles. The van der Waals surface area contributed by atoms with E-state index in [1.165, 1.54) is 32.1 Å². The van der Waals surface area contributed by atoms with Gasteiger partial charge in [0.05, 0.1) is 0 Å². The van der Waals surface area contributed by atoms with Crippen molar-refractivity contribution >= 4 is 11.6 Å². The van der Waals surface area contributed by atoms with E-state index in [4.69, 9.17) is 5.84 Å². The Kier molecular flexibility index (Phi) is 5.17. The van der Waals surface area contributed by atoms with Crippen LogP contribution in [0.2, 0.25) is 0 Å². The highest BCUT2D eigenvalue weighted by atomic mass is 15.3. The first-order valence-corrected chi connectivity index (χ1v) is 7.79. The lowest BCUT2D eigenvalue weighted by atomic mass is 9.83. The molecule has 0 atom stereocenters. The van der Waals surface area contributed by atoms with E-state index in [1.54, 1.807) is 6.33 Å². The average Bonchev–Trinajstić information content (AvgIpc) is 2.96. The molecule has 0 bridgehead atoms. The zero-order valence-electron chi connectivity index (χ0n) is 12.7. The van der Waals surface area contributed by atoms with Crippen molar-refractivity contribution in [2.75, 3.05) is 17.3 Å². The summed E-state index contributed by atoms with van der Waals surface area (Å²) in [5.74, 6) is 7.23. The molecule has 0 radical (unpaired) electrons. The molecule has 1 heterocycles. The van der Waals surface area contributed by atoms with E-state index in [2.05, 4.69) is 34.6 Å². The molecule has 20 heavy (non-hydrogen) atoms. The van der Waals surface area contributed by atoms with Gasteiger partial charge < -0.3 is 10.7 Å². The summed E-state index contributed by atoms with van der Waals surface area (Å²) in [5, 5.41) is 3.56. The van der Waals surface area contributed by atoms with E-state index in [0.29, 0.717) is 5.41 Å². The van der Waals surface area contributed by atoms with Crippen LogP contribution in [0.5, 0.6) is 0 Å². The van der Waals surface area contributed by atoms with Gasteiger partial charge in [-0.05, 0) is 31.1 Å². The van der Waals surface area contributed by atoms with Crippen LogP contribution in [-0.4, -0.2) is 16.5 Å². The smallest absolute Gasteiger partial charge is 0.148 e. The number of hydrazine groups is 1. The van der Waals surface area contributed by atoms with Gasteiger partial charge in [-0.25, -0.2) is 15.8 Å². The Morgan fingerprint density at radius 2 is 1.90 bits per heavy atom. The quantitative estimate of drug-likeness (QED) is 0.527. The molecule has 1 aromatic rings.